The van der Waals surface area contributed by atoms with Crippen LogP contribution in [0.5, 0.6) is 0 Å². The first-order valence-corrected chi connectivity index (χ1v) is 6.71. The van der Waals surface area contributed by atoms with Gasteiger partial charge in [0, 0.05) is 37.7 Å². The van der Waals surface area contributed by atoms with Crippen molar-refractivity contribution in [2.24, 2.45) is 0 Å². The van der Waals surface area contributed by atoms with Crippen LogP contribution in [0.2, 0.25) is 0 Å². The van der Waals surface area contributed by atoms with E-state index in [9.17, 15) is 0 Å². The van der Waals surface area contributed by atoms with E-state index in [1.165, 1.54) is 0 Å². The highest BCUT2D eigenvalue weighted by molar-refractivity contribution is 9.09. The smallest absolute Gasteiger partial charge is 0.167 e. The summed E-state index contributed by atoms with van der Waals surface area (Å²) in [5.74, 6) is -0.373. The van der Waals surface area contributed by atoms with E-state index in [0.29, 0.717) is 0 Å². The van der Waals surface area contributed by atoms with Crippen molar-refractivity contribution in [2.75, 3.05) is 24.9 Å². The molecule has 0 aliphatic rings. The minimum atomic E-state index is -0.373. The Morgan fingerprint density at radius 2 is 1.31 bits per heavy atom. The summed E-state index contributed by atoms with van der Waals surface area (Å²) < 4.78 is 10.9. The maximum Gasteiger partial charge on any atom is 0.167 e. The quantitative estimate of drug-likeness (QED) is 0.505. The topological polar surface area (TPSA) is 18.5 Å². The van der Waals surface area contributed by atoms with E-state index in [2.05, 4.69) is 31.9 Å². The molecule has 0 fully saturated rings. The number of hydrogen-bond acceptors (Lipinski definition) is 2. The summed E-state index contributed by atoms with van der Waals surface area (Å²) in [7, 11) is 3.43. The average molecular weight is 318 g/mol. The van der Waals surface area contributed by atoms with Crippen molar-refractivity contribution in [1.29, 1.82) is 0 Å². The number of halogens is 2. The molecule has 0 atom stereocenters. The second-order valence-corrected chi connectivity index (χ2v) is 4.49. The van der Waals surface area contributed by atoms with Gasteiger partial charge >= 0.3 is 0 Å². The van der Waals surface area contributed by atoms with Gasteiger partial charge in [0.05, 0.1) is 0 Å². The largest absolute Gasteiger partial charge is 0.353 e. The van der Waals surface area contributed by atoms with Crippen LogP contribution >= 0.6 is 31.9 Å². The molecule has 0 saturated carbocycles. The Morgan fingerprint density at radius 1 is 0.923 bits per heavy atom. The Hall–Kier alpha value is 0.880. The monoisotopic (exact) mass is 316 g/mol. The van der Waals surface area contributed by atoms with E-state index in [-0.39, 0.29) is 5.79 Å². The van der Waals surface area contributed by atoms with Gasteiger partial charge in [0.25, 0.3) is 0 Å². The van der Waals surface area contributed by atoms with Gasteiger partial charge in [-0.25, -0.2) is 0 Å². The van der Waals surface area contributed by atoms with Crippen LogP contribution in [0.4, 0.5) is 0 Å². The zero-order valence-electron chi connectivity index (χ0n) is 8.32. The molecule has 0 aliphatic carbocycles. The molecule has 0 aromatic rings. The lowest BCUT2D eigenvalue weighted by Crippen LogP contribution is -2.33. The summed E-state index contributed by atoms with van der Waals surface area (Å²) in [6.45, 7) is 0. The summed E-state index contributed by atoms with van der Waals surface area (Å²) in [5, 5.41) is 1.99. The van der Waals surface area contributed by atoms with Gasteiger partial charge in [-0.05, 0) is 12.8 Å². The molecule has 4 heteroatoms. The predicted octanol–water partition coefficient (Wildman–Crippen LogP) is 3.33. The van der Waals surface area contributed by atoms with Crippen molar-refractivity contribution in [3.8, 4) is 0 Å². The van der Waals surface area contributed by atoms with E-state index in [1.54, 1.807) is 14.2 Å². The number of methoxy groups -OCH3 is 2. The first kappa shape index (κ1) is 13.9. The van der Waals surface area contributed by atoms with Gasteiger partial charge in [0.1, 0.15) is 0 Å². The van der Waals surface area contributed by atoms with Gasteiger partial charge in [0.2, 0.25) is 0 Å². The van der Waals surface area contributed by atoms with Crippen LogP contribution in [-0.4, -0.2) is 30.7 Å². The molecule has 0 unspecified atom stereocenters. The van der Waals surface area contributed by atoms with E-state index in [1.807, 2.05) is 0 Å². The molecule has 0 rings (SSSR count). The number of hydrogen-bond donors (Lipinski definition) is 0. The molecule has 0 heterocycles. The molecule has 0 bridgehead atoms. The lowest BCUT2D eigenvalue weighted by molar-refractivity contribution is -0.214. The van der Waals surface area contributed by atoms with Gasteiger partial charge in [0.15, 0.2) is 5.79 Å². The van der Waals surface area contributed by atoms with Crippen LogP contribution < -0.4 is 0 Å². The van der Waals surface area contributed by atoms with E-state index < -0.39 is 0 Å². The number of alkyl halides is 2. The Kier molecular flexibility index (Phi) is 8.77. The maximum absolute atomic E-state index is 5.43. The van der Waals surface area contributed by atoms with E-state index in [0.717, 1.165) is 36.3 Å². The molecule has 0 radical (unpaired) electrons. The third-order valence-electron chi connectivity index (χ3n) is 2.13. The fourth-order valence-electron chi connectivity index (χ4n) is 1.29. The third-order valence-corrected chi connectivity index (χ3v) is 3.25. The zero-order valence-corrected chi connectivity index (χ0v) is 11.5. The summed E-state index contributed by atoms with van der Waals surface area (Å²) in [4.78, 5) is 0. The van der Waals surface area contributed by atoms with Crippen molar-refractivity contribution < 1.29 is 9.47 Å². The van der Waals surface area contributed by atoms with Crippen molar-refractivity contribution in [3.63, 3.8) is 0 Å². The standard InChI is InChI=1S/C9H18Br2O2/c1-12-9(13-2,5-3-7-10)6-4-8-11/h3-8H2,1-2H3. The molecule has 0 aliphatic heterocycles. The summed E-state index contributed by atoms with van der Waals surface area (Å²) in [6, 6.07) is 0. The molecule has 0 aromatic carbocycles. The Labute approximate surface area is 97.6 Å². The molecular weight excluding hydrogens is 300 g/mol. The number of rotatable bonds is 8. The van der Waals surface area contributed by atoms with Crippen molar-refractivity contribution in [2.45, 2.75) is 31.5 Å². The van der Waals surface area contributed by atoms with Crippen LogP contribution in [0.3, 0.4) is 0 Å². The second kappa shape index (κ2) is 8.21. The highest BCUT2D eigenvalue weighted by Crippen LogP contribution is 2.25. The van der Waals surface area contributed by atoms with Crippen LogP contribution in [0, 0.1) is 0 Å². The lowest BCUT2D eigenvalue weighted by atomic mass is 10.1. The van der Waals surface area contributed by atoms with Crippen LogP contribution in [0.25, 0.3) is 0 Å². The highest BCUT2D eigenvalue weighted by atomic mass is 79.9. The summed E-state index contributed by atoms with van der Waals surface area (Å²) in [5.41, 5.74) is 0. The van der Waals surface area contributed by atoms with Crippen LogP contribution in [-0.2, 0) is 9.47 Å². The van der Waals surface area contributed by atoms with Crippen LogP contribution in [0.1, 0.15) is 25.7 Å². The Morgan fingerprint density at radius 3 is 1.54 bits per heavy atom. The minimum absolute atomic E-state index is 0.373. The fourth-order valence-corrected chi connectivity index (χ4v) is 1.85. The zero-order chi connectivity index (χ0) is 10.2. The van der Waals surface area contributed by atoms with Crippen LogP contribution in [0.15, 0.2) is 0 Å². The van der Waals surface area contributed by atoms with E-state index in [4.69, 9.17) is 9.47 Å². The Balaban J connectivity index is 3.97. The molecule has 13 heavy (non-hydrogen) atoms. The van der Waals surface area contributed by atoms with Crippen molar-refractivity contribution >= 4 is 31.9 Å². The second-order valence-electron chi connectivity index (χ2n) is 2.90. The molecular formula is C9H18Br2O2. The molecule has 0 spiro atoms. The molecule has 0 aromatic heterocycles. The first-order chi connectivity index (χ1) is 6.24. The molecule has 0 N–H and O–H groups in total. The van der Waals surface area contributed by atoms with Crippen molar-refractivity contribution in [1.82, 2.24) is 0 Å². The number of ether oxygens (including phenoxy) is 2. The summed E-state index contributed by atoms with van der Waals surface area (Å²) in [6.07, 6.45) is 4.03. The van der Waals surface area contributed by atoms with Gasteiger partial charge in [-0.15, -0.1) is 0 Å². The van der Waals surface area contributed by atoms with Gasteiger partial charge in [-0.1, -0.05) is 31.9 Å². The van der Waals surface area contributed by atoms with Gasteiger partial charge < -0.3 is 9.47 Å². The van der Waals surface area contributed by atoms with Crippen molar-refractivity contribution in [3.05, 3.63) is 0 Å². The normalized spacial score (nSPS) is 12.0. The summed E-state index contributed by atoms with van der Waals surface area (Å²) >= 11 is 6.82. The van der Waals surface area contributed by atoms with Gasteiger partial charge in [-0.3, -0.25) is 0 Å². The van der Waals surface area contributed by atoms with Gasteiger partial charge in [-0.2, -0.15) is 0 Å². The molecule has 80 valence electrons. The SMILES string of the molecule is COC(CCCBr)(CCCBr)OC. The molecule has 0 amide bonds. The average Bonchev–Trinajstić information content (AvgIpc) is 2.20. The first-order valence-electron chi connectivity index (χ1n) is 4.47. The fraction of sp³-hybridized carbons (Fsp3) is 1.00. The lowest BCUT2D eigenvalue weighted by Gasteiger charge is -2.30. The maximum atomic E-state index is 5.43. The highest BCUT2D eigenvalue weighted by Gasteiger charge is 2.27. The predicted molar refractivity (Wildman–Crippen MR) is 62.8 cm³/mol. The third kappa shape index (κ3) is 5.35. The molecule has 0 saturated heterocycles. The Bertz CT molecular complexity index is 106. The van der Waals surface area contributed by atoms with E-state index >= 15 is 0 Å². The molecule has 2 nitrogen and oxygen atoms in total. The minimum Gasteiger partial charge on any atom is -0.353 e.